The second-order valence-corrected chi connectivity index (χ2v) is 11.0. The van der Waals surface area contributed by atoms with E-state index in [9.17, 15) is 18.0 Å². The minimum atomic E-state index is -2.57. The molecule has 6 nitrogen and oxygen atoms in total. The number of hydrogen-bond donors (Lipinski definition) is 1. The number of pyridine rings is 1. The molecule has 3 heterocycles. The molecular formula is C25H24F3N3O3S. The Balaban J connectivity index is 1.18. The summed E-state index contributed by atoms with van der Waals surface area (Å²) in [6.45, 7) is 1.48. The summed E-state index contributed by atoms with van der Waals surface area (Å²) < 4.78 is 47.4. The third-order valence-corrected chi connectivity index (χ3v) is 8.60. The monoisotopic (exact) mass is 503 g/mol. The molecule has 2 saturated carbocycles. The Hall–Kier alpha value is -2.72. The number of fused-ring (bicyclic) bond motifs is 1. The lowest BCUT2D eigenvalue weighted by atomic mass is 9.84. The van der Waals surface area contributed by atoms with Crippen molar-refractivity contribution in [3.05, 3.63) is 47.4 Å². The highest BCUT2D eigenvalue weighted by atomic mass is 32.1. The summed E-state index contributed by atoms with van der Waals surface area (Å²) >= 11 is 1.31. The Kier molecular flexibility index (Phi) is 5.30. The predicted octanol–water partition coefficient (Wildman–Crippen LogP) is 5.84. The van der Waals surface area contributed by atoms with Crippen molar-refractivity contribution in [2.45, 2.75) is 56.1 Å². The zero-order valence-corrected chi connectivity index (χ0v) is 19.7. The summed E-state index contributed by atoms with van der Waals surface area (Å²) in [5.74, 6) is -3.00. The average Bonchev–Trinajstić information content (AvgIpc) is 3.34. The van der Waals surface area contributed by atoms with Crippen molar-refractivity contribution in [2.24, 2.45) is 5.92 Å². The third kappa shape index (κ3) is 4.27. The van der Waals surface area contributed by atoms with Gasteiger partial charge in [0.15, 0.2) is 0 Å². The van der Waals surface area contributed by atoms with Gasteiger partial charge >= 0.3 is 6.16 Å². The number of carbonyl (C=O) groups is 1. The Morgan fingerprint density at radius 1 is 1.17 bits per heavy atom. The van der Waals surface area contributed by atoms with Crippen molar-refractivity contribution >= 4 is 27.8 Å². The maximum absolute atomic E-state index is 15.0. The molecule has 35 heavy (non-hydrogen) atoms. The van der Waals surface area contributed by atoms with E-state index in [4.69, 9.17) is 14.8 Å². The lowest BCUT2D eigenvalue weighted by Crippen LogP contribution is -2.52. The van der Waals surface area contributed by atoms with E-state index in [1.54, 1.807) is 6.07 Å². The van der Waals surface area contributed by atoms with Crippen LogP contribution in [0.25, 0.3) is 20.9 Å². The smallest absolute Gasteiger partial charge is 0.450 e. The van der Waals surface area contributed by atoms with E-state index in [0.717, 1.165) is 24.1 Å². The normalized spacial score (nSPS) is 23.3. The molecular weight excluding hydrogens is 479 g/mol. The van der Waals surface area contributed by atoms with Gasteiger partial charge in [0.25, 0.3) is 0 Å². The largest absolute Gasteiger partial charge is 0.506 e. The number of carboxylic acid groups (broad SMARTS) is 1. The summed E-state index contributed by atoms with van der Waals surface area (Å²) in [7, 11) is 0. The highest BCUT2D eigenvalue weighted by molar-refractivity contribution is 7.21. The standard InChI is InChI=1S/C25H24F3N3O3S/c26-18-9-14(11-31-12-16(13-31)34-23(32)33)1-2-17(18)21-29-19-3-4-20(30-22(19)35-21)24(7-8-24)15-5-6-25(27,28)10-15/h1-4,9,15-16H,5-8,10-13H2,(H,32,33)/t15-/m1/s1. The summed E-state index contributed by atoms with van der Waals surface area (Å²) in [4.78, 5) is 22.6. The van der Waals surface area contributed by atoms with Gasteiger partial charge in [0.2, 0.25) is 5.92 Å². The second kappa shape index (κ2) is 8.16. The molecule has 1 N–H and O–H groups in total. The van der Waals surface area contributed by atoms with Crippen LogP contribution in [-0.2, 0) is 16.7 Å². The Morgan fingerprint density at radius 2 is 1.97 bits per heavy atom. The van der Waals surface area contributed by atoms with Crippen LogP contribution in [0.15, 0.2) is 30.3 Å². The van der Waals surface area contributed by atoms with Gasteiger partial charge in [0.1, 0.15) is 27.3 Å². The van der Waals surface area contributed by atoms with E-state index in [2.05, 4.69) is 4.98 Å². The fourth-order valence-electron chi connectivity index (χ4n) is 5.60. The van der Waals surface area contributed by atoms with Crippen LogP contribution in [0.3, 0.4) is 0 Å². The number of halogens is 3. The average molecular weight is 504 g/mol. The van der Waals surface area contributed by atoms with Crippen LogP contribution < -0.4 is 0 Å². The Morgan fingerprint density at radius 3 is 2.63 bits per heavy atom. The van der Waals surface area contributed by atoms with Crippen molar-refractivity contribution in [1.82, 2.24) is 14.9 Å². The van der Waals surface area contributed by atoms with E-state index in [1.807, 2.05) is 23.1 Å². The summed E-state index contributed by atoms with van der Waals surface area (Å²) in [5, 5.41) is 9.18. The van der Waals surface area contributed by atoms with Crippen molar-refractivity contribution in [3.8, 4) is 10.6 Å². The summed E-state index contributed by atoms with van der Waals surface area (Å²) in [5.41, 5.74) is 2.46. The predicted molar refractivity (Wildman–Crippen MR) is 124 cm³/mol. The molecule has 3 aromatic rings. The van der Waals surface area contributed by atoms with Gasteiger partial charge in [-0.2, -0.15) is 0 Å². The highest BCUT2D eigenvalue weighted by Gasteiger charge is 2.57. The van der Waals surface area contributed by atoms with Gasteiger partial charge in [-0.15, -0.1) is 0 Å². The van der Waals surface area contributed by atoms with Crippen LogP contribution in [0.4, 0.5) is 18.0 Å². The zero-order valence-electron chi connectivity index (χ0n) is 18.8. The molecule has 3 fully saturated rings. The molecule has 2 aromatic heterocycles. The number of benzene rings is 1. The van der Waals surface area contributed by atoms with Crippen LogP contribution in [0, 0.1) is 11.7 Å². The molecule has 0 radical (unpaired) electrons. The molecule has 1 aromatic carbocycles. The zero-order chi connectivity index (χ0) is 24.4. The lowest BCUT2D eigenvalue weighted by molar-refractivity contribution is -0.0363. The van der Waals surface area contributed by atoms with Crippen LogP contribution >= 0.6 is 11.3 Å². The van der Waals surface area contributed by atoms with E-state index < -0.39 is 12.1 Å². The Labute approximate surface area is 203 Å². The van der Waals surface area contributed by atoms with Gasteiger partial charge < -0.3 is 9.84 Å². The van der Waals surface area contributed by atoms with Crippen molar-refractivity contribution in [1.29, 1.82) is 0 Å². The maximum Gasteiger partial charge on any atom is 0.506 e. The van der Waals surface area contributed by atoms with Crippen LogP contribution in [0.5, 0.6) is 0 Å². The molecule has 1 saturated heterocycles. The SMILES string of the molecule is O=C(O)OC1CN(Cc2ccc(-c3nc4ccc(C5([C@@H]6CCC(F)(F)C6)CC5)nc4s3)c(F)c2)C1. The van der Waals surface area contributed by atoms with E-state index in [0.29, 0.717) is 47.0 Å². The number of rotatable bonds is 6. The minimum Gasteiger partial charge on any atom is -0.450 e. The molecule has 2 aliphatic carbocycles. The topological polar surface area (TPSA) is 75.6 Å². The fraction of sp³-hybridized carbons (Fsp3) is 0.480. The first-order valence-electron chi connectivity index (χ1n) is 11.8. The van der Waals surface area contributed by atoms with Crippen molar-refractivity contribution in [3.63, 3.8) is 0 Å². The van der Waals surface area contributed by atoms with E-state index in [-0.39, 0.29) is 36.1 Å². The molecule has 1 aliphatic heterocycles. The summed E-state index contributed by atoms with van der Waals surface area (Å²) in [6.07, 6.45) is 0.566. The van der Waals surface area contributed by atoms with E-state index in [1.165, 1.54) is 17.4 Å². The molecule has 6 rings (SSSR count). The molecule has 3 aliphatic rings. The number of alkyl halides is 2. The fourth-order valence-corrected chi connectivity index (χ4v) is 6.56. The second-order valence-electron chi connectivity index (χ2n) is 10.0. The van der Waals surface area contributed by atoms with Gasteiger partial charge in [-0.1, -0.05) is 17.4 Å². The van der Waals surface area contributed by atoms with E-state index >= 15 is 0 Å². The highest BCUT2D eigenvalue weighted by Crippen LogP contribution is 2.60. The molecule has 10 heteroatoms. The Bertz CT molecular complexity index is 1300. The molecule has 0 amide bonds. The third-order valence-electron chi connectivity index (χ3n) is 7.60. The molecule has 184 valence electrons. The molecule has 0 spiro atoms. The quantitative estimate of drug-likeness (QED) is 0.426. The first-order valence-corrected chi connectivity index (χ1v) is 12.6. The summed E-state index contributed by atoms with van der Waals surface area (Å²) in [6, 6.07) is 8.80. The number of aromatic nitrogens is 2. The first-order chi connectivity index (χ1) is 16.7. The van der Waals surface area contributed by atoms with Gasteiger partial charge in [-0.05, 0) is 55.0 Å². The van der Waals surface area contributed by atoms with Gasteiger partial charge in [0, 0.05) is 49.1 Å². The lowest BCUT2D eigenvalue weighted by Gasteiger charge is -2.37. The van der Waals surface area contributed by atoms with Crippen molar-refractivity contribution < 1.29 is 27.8 Å². The molecule has 0 bridgehead atoms. The van der Waals surface area contributed by atoms with Crippen LogP contribution in [0.2, 0.25) is 0 Å². The van der Waals surface area contributed by atoms with Gasteiger partial charge in [0.05, 0.1) is 0 Å². The van der Waals surface area contributed by atoms with Crippen molar-refractivity contribution in [2.75, 3.05) is 13.1 Å². The maximum atomic E-state index is 15.0. The number of thiazole rings is 1. The van der Waals surface area contributed by atoms with Crippen LogP contribution in [0.1, 0.15) is 43.4 Å². The number of nitrogens with zero attached hydrogens (tertiary/aromatic N) is 3. The van der Waals surface area contributed by atoms with Gasteiger partial charge in [-0.25, -0.2) is 27.9 Å². The number of likely N-dealkylation sites (tertiary alicyclic amines) is 1. The molecule has 0 unspecified atom stereocenters. The van der Waals surface area contributed by atoms with Crippen LogP contribution in [-0.4, -0.2) is 51.2 Å². The first kappa shape index (κ1) is 22.7. The number of hydrogen-bond acceptors (Lipinski definition) is 6. The molecule has 1 atom stereocenters. The van der Waals surface area contributed by atoms with Gasteiger partial charge in [-0.3, -0.25) is 4.90 Å². The number of ether oxygens (including phenoxy) is 1. The minimum absolute atomic E-state index is 0.0443.